The fourth-order valence-electron chi connectivity index (χ4n) is 3.73. The number of benzene rings is 1. The Morgan fingerprint density at radius 2 is 2.16 bits per heavy atom. The molecule has 4 rings (SSSR count). The number of para-hydroxylation sites is 1. The van der Waals surface area contributed by atoms with Gasteiger partial charge in [-0.15, -0.1) is 0 Å². The second-order valence-electron chi connectivity index (χ2n) is 7.43. The molecule has 0 amide bonds. The molecule has 1 aliphatic carbocycles. The van der Waals surface area contributed by atoms with Gasteiger partial charge >= 0.3 is 0 Å². The van der Waals surface area contributed by atoms with Crippen LogP contribution < -0.4 is 5.32 Å². The van der Waals surface area contributed by atoms with E-state index in [1.807, 2.05) is 31.0 Å². The summed E-state index contributed by atoms with van der Waals surface area (Å²) >= 11 is 0. The first-order valence-electron chi connectivity index (χ1n) is 9.22. The van der Waals surface area contributed by atoms with Gasteiger partial charge in [-0.25, -0.2) is 4.39 Å². The van der Waals surface area contributed by atoms with Crippen molar-refractivity contribution in [1.29, 1.82) is 0 Å². The lowest BCUT2D eigenvalue weighted by Gasteiger charge is -2.33. The second kappa shape index (κ2) is 6.72. The number of hydrogen-bond acceptors (Lipinski definition) is 3. The van der Waals surface area contributed by atoms with Gasteiger partial charge in [0.25, 0.3) is 0 Å². The maximum Gasteiger partial charge on any atom is 0.181 e. The van der Waals surface area contributed by atoms with Gasteiger partial charge in [0.05, 0.1) is 11.7 Å². The molecule has 2 atom stereocenters. The van der Waals surface area contributed by atoms with Crippen LogP contribution in [0.4, 0.5) is 10.1 Å². The molecule has 2 heterocycles. The third-order valence-corrected chi connectivity index (χ3v) is 5.33. The minimum Gasteiger partial charge on any atom is -0.445 e. The van der Waals surface area contributed by atoms with Gasteiger partial charge in [-0.3, -0.25) is 0 Å². The average molecular weight is 340 g/mol. The van der Waals surface area contributed by atoms with Gasteiger partial charge in [0.1, 0.15) is 6.17 Å². The molecule has 3 nitrogen and oxygen atoms in total. The fourth-order valence-corrected chi connectivity index (χ4v) is 3.73. The van der Waals surface area contributed by atoms with Crippen LogP contribution in [0.25, 0.3) is 11.0 Å². The molecule has 1 saturated carbocycles. The Balaban J connectivity index is 1.68. The zero-order valence-corrected chi connectivity index (χ0v) is 14.9. The van der Waals surface area contributed by atoms with Crippen LogP contribution in [0.1, 0.15) is 37.5 Å². The van der Waals surface area contributed by atoms with Crippen molar-refractivity contribution in [3.8, 4) is 11.8 Å². The van der Waals surface area contributed by atoms with E-state index in [1.165, 1.54) is 18.4 Å². The molecule has 1 aromatic carbocycles. The first-order valence-corrected chi connectivity index (χ1v) is 9.22. The van der Waals surface area contributed by atoms with E-state index in [2.05, 4.69) is 23.2 Å². The van der Waals surface area contributed by atoms with Crippen molar-refractivity contribution in [1.82, 2.24) is 4.90 Å². The number of nitrogens with one attached hydrogen (secondary N) is 1. The van der Waals surface area contributed by atoms with Crippen LogP contribution in [-0.2, 0) is 6.42 Å². The Hall–Kier alpha value is -1.99. The highest BCUT2D eigenvalue weighted by Crippen LogP contribution is 2.39. The Kier molecular flexibility index (Phi) is 4.43. The van der Waals surface area contributed by atoms with Crippen LogP contribution >= 0.6 is 0 Å². The Bertz CT molecular complexity index is 828. The van der Waals surface area contributed by atoms with Gasteiger partial charge in [-0.05, 0) is 57.6 Å². The number of alkyl halides is 1. The van der Waals surface area contributed by atoms with Crippen LogP contribution in [0.3, 0.4) is 0 Å². The Morgan fingerprint density at radius 3 is 2.88 bits per heavy atom. The van der Waals surface area contributed by atoms with Crippen LogP contribution in [-0.4, -0.2) is 37.3 Å². The minimum atomic E-state index is -0.871. The van der Waals surface area contributed by atoms with Crippen molar-refractivity contribution < 1.29 is 8.81 Å². The summed E-state index contributed by atoms with van der Waals surface area (Å²) in [5, 5.41) is 4.53. The molecule has 2 aromatic rings. The second-order valence-corrected chi connectivity index (χ2v) is 7.43. The first kappa shape index (κ1) is 16.5. The summed E-state index contributed by atoms with van der Waals surface area (Å²) in [7, 11) is 1.97. The number of rotatable bonds is 4. The van der Waals surface area contributed by atoms with Crippen LogP contribution in [0.2, 0.25) is 0 Å². The zero-order chi connectivity index (χ0) is 17.4. The van der Waals surface area contributed by atoms with E-state index in [4.69, 9.17) is 4.42 Å². The van der Waals surface area contributed by atoms with Crippen LogP contribution in [0.5, 0.6) is 0 Å². The SMILES string of the molecule is CC#Cc1oc2c(N[C@@H]3CCN(C)C[C@@H]3F)cccc2c1CC1CC1. The van der Waals surface area contributed by atoms with Gasteiger partial charge in [-0.1, -0.05) is 18.1 Å². The molecule has 2 fully saturated rings. The summed E-state index contributed by atoms with van der Waals surface area (Å²) in [6.45, 7) is 3.22. The Morgan fingerprint density at radius 1 is 1.32 bits per heavy atom. The van der Waals surface area contributed by atoms with E-state index >= 15 is 0 Å². The number of likely N-dealkylation sites (tertiary alicyclic amines) is 1. The third-order valence-electron chi connectivity index (χ3n) is 5.33. The number of hydrogen-bond donors (Lipinski definition) is 1. The van der Waals surface area contributed by atoms with Gasteiger partial charge < -0.3 is 14.6 Å². The molecule has 132 valence electrons. The molecule has 25 heavy (non-hydrogen) atoms. The molecule has 0 unspecified atom stereocenters. The van der Waals surface area contributed by atoms with Crippen LogP contribution in [0.15, 0.2) is 22.6 Å². The summed E-state index contributed by atoms with van der Waals surface area (Å²) < 4.78 is 20.5. The summed E-state index contributed by atoms with van der Waals surface area (Å²) in [4.78, 5) is 2.04. The molecule has 0 radical (unpaired) electrons. The summed E-state index contributed by atoms with van der Waals surface area (Å²) in [6.07, 6.45) is 3.54. The van der Waals surface area contributed by atoms with E-state index < -0.39 is 6.17 Å². The van der Waals surface area contributed by atoms with E-state index in [0.717, 1.165) is 47.7 Å². The van der Waals surface area contributed by atoms with Crippen molar-refractivity contribution in [2.75, 3.05) is 25.5 Å². The molecule has 4 heteroatoms. The highest BCUT2D eigenvalue weighted by molar-refractivity contribution is 5.93. The van der Waals surface area contributed by atoms with Gasteiger partial charge in [0.15, 0.2) is 11.3 Å². The number of anilines is 1. The quantitative estimate of drug-likeness (QED) is 0.845. The van der Waals surface area contributed by atoms with Crippen molar-refractivity contribution in [3.05, 3.63) is 29.5 Å². The number of fused-ring (bicyclic) bond motifs is 1. The zero-order valence-electron chi connectivity index (χ0n) is 14.9. The summed E-state index contributed by atoms with van der Waals surface area (Å²) in [5.41, 5.74) is 2.92. The summed E-state index contributed by atoms with van der Waals surface area (Å²) in [5.74, 6) is 7.62. The predicted molar refractivity (Wildman–Crippen MR) is 99.6 cm³/mol. The minimum absolute atomic E-state index is 0.167. The standard InChI is InChI=1S/C21H25FN2O/c1-3-5-20-16(12-14-8-9-14)15-6-4-7-19(21(15)25-20)23-18-10-11-24(2)13-17(18)22/h4,6-7,14,17-18,23H,8-13H2,1-2H3/t17-,18+/m0/s1. The largest absolute Gasteiger partial charge is 0.445 e. The number of furan rings is 1. The molecule has 2 aliphatic rings. The number of piperidine rings is 1. The normalized spacial score (nSPS) is 24.1. The molecular weight excluding hydrogens is 315 g/mol. The topological polar surface area (TPSA) is 28.4 Å². The lowest BCUT2D eigenvalue weighted by molar-refractivity contribution is 0.149. The highest BCUT2D eigenvalue weighted by Gasteiger charge is 2.29. The smallest absolute Gasteiger partial charge is 0.181 e. The van der Waals surface area contributed by atoms with Crippen molar-refractivity contribution in [3.63, 3.8) is 0 Å². The molecule has 0 bridgehead atoms. The fraction of sp³-hybridized carbons (Fsp3) is 0.524. The molecular formula is C21H25FN2O. The lowest BCUT2D eigenvalue weighted by Crippen LogP contribution is -2.46. The molecule has 0 spiro atoms. The molecule has 1 aliphatic heterocycles. The van der Waals surface area contributed by atoms with E-state index in [9.17, 15) is 4.39 Å². The number of halogens is 1. The first-order chi connectivity index (χ1) is 12.2. The van der Waals surface area contributed by atoms with Gasteiger partial charge in [0, 0.05) is 24.0 Å². The Labute approximate surface area is 148 Å². The monoisotopic (exact) mass is 340 g/mol. The molecule has 1 saturated heterocycles. The van der Waals surface area contributed by atoms with Crippen molar-refractivity contribution >= 4 is 16.7 Å². The lowest BCUT2D eigenvalue weighted by atomic mass is 10.0. The van der Waals surface area contributed by atoms with Crippen molar-refractivity contribution in [2.45, 2.75) is 44.8 Å². The molecule has 1 N–H and O–H groups in total. The maximum absolute atomic E-state index is 14.4. The van der Waals surface area contributed by atoms with Crippen molar-refractivity contribution in [2.24, 2.45) is 5.92 Å². The van der Waals surface area contributed by atoms with Crippen LogP contribution in [0, 0.1) is 17.8 Å². The van der Waals surface area contributed by atoms with E-state index in [-0.39, 0.29) is 6.04 Å². The highest BCUT2D eigenvalue weighted by atomic mass is 19.1. The van der Waals surface area contributed by atoms with E-state index in [1.54, 1.807) is 0 Å². The number of nitrogens with zero attached hydrogens (tertiary/aromatic N) is 1. The van der Waals surface area contributed by atoms with Gasteiger partial charge in [-0.2, -0.15) is 0 Å². The van der Waals surface area contributed by atoms with E-state index in [0.29, 0.717) is 6.54 Å². The van der Waals surface area contributed by atoms with Gasteiger partial charge in [0.2, 0.25) is 0 Å². The average Bonchev–Trinajstić information content (AvgIpc) is 3.34. The molecule has 1 aromatic heterocycles. The summed E-state index contributed by atoms with van der Waals surface area (Å²) in [6, 6.07) is 5.95. The maximum atomic E-state index is 14.4. The predicted octanol–water partition coefficient (Wildman–Crippen LogP) is 4.21. The third kappa shape index (κ3) is 3.39.